The average molecular weight is 484 g/mol. The average Bonchev–Trinajstić information content (AvgIpc) is 3.34. The normalized spacial score (nSPS) is 22.3. The van der Waals surface area contributed by atoms with E-state index in [4.69, 9.17) is 0 Å². The number of benzene rings is 1. The maximum Gasteiger partial charge on any atom is 0.237 e. The minimum absolute atomic E-state index is 0.0608. The number of nitrogens with zero attached hydrogens (tertiary/aromatic N) is 2. The Balaban J connectivity index is 1.27. The van der Waals surface area contributed by atoms with Gasteiger partial charge in [-0.3, -0.25) is 9.59 Å². The second kappa shape index (κ2) is 9.34. The van der Waals surface area contributed by atoms with E-state index in [9.17, 15) is 9.59 Å². The van der Waals surface area contributed by atoms with Crippen LogP contribution in [0.3, 0.4) is 0 Å². The summed E-state index contributed by atoms with van der Waals surface area (Å²) in [7, 11) is 0. The van der Waals surface area contributed by atoms with E-state index in [2.05, 4.69) is 53.7 Å². The maximum atomic E-state index is 13.2. The van der Waals surface area contributed by atoms with Crippen molar-refractivity contribution < 1.29 is 9.59 Å². The SMILES string of the molecule is CC1C=C(CN(CCCc2ccc3c(c2)CC2(C3)C(=O)Nc3ncccc32)C(=O)C(C)(C)C)C=CC1. The van der Waals surface area contributed by atoms with Crippen molar-refractivity contribution in [2.45, 2.75) is 65.2 Å². The number of hydrogen-bond acceptors (Lipinski definition) is 3. The van der Waals surface area contributed by atoms with Gasteiger partial charge in [-0.1, -0.05) is 70.2 Å². The van der Waals surface area contributed by atoms with Gasteiger partial charge in [-0.15, -0.1) is 0 Å². The van der Waals surface area contributed by atoms with Gasteiger partial charge in [0.1, 0.15) is 5.82 Å². The number of aryl methyl sites for hydroxylation is 1. The van der Waals surface area contributed by atoms with E-state index >= 15 is 0 Å². The minimum atomic E-state index is -0.529. The molecule has 0 fully saturated rings. The second-order valence-electron chi connectivity index (χ2n) is 11.8. The van der Waals surface area contributed by atoms with Gasteiger partial charge in [-0.2, -0.15) is 0 Å². The highest BCUT2D eigenvalue weighted by atomic mass is 16.2. The van der Waals surface area contributed by atoms with Gasteiger partial charge in [0.05, 0.1) is 5.41 Å². The predicted octanol–water partition coefficient (Wildman–Crippen LogP) is 5.40. The molecule has 0 bridgehead atoms. The topological polar surface area (TPSA) is 62.3 Å². The van der Waals surface area contributed by atoms with Crippen molar-refractivity contribution in [3.63, 3.8) is 0 Å². The van der Waals surface area contributed by atoms with Gasteiger partial charge in [0.25, 0.3) is 0 Å². The molecule has 0 radical (unpaired) electrons. The number of anilines is 1. The Morgan fingerprint density at radius 1 is 1.19 bits per heavy atom. The molecule has 0 saturated heterocycles. The number of hydrogen-bond donors (Lipinski definition) is 1. The zero-order valence-corrected chi connectivity index (χ0v) is 21.9. The summed E-state index contributed by atoms with van der Waals surface area (Å²) in [5, 5.41) is 2.99. The molecule has 1 spiro atoms. The van der Waals surface area contributed by atoms with Gasteiger partial charge >= 0.3 is 0 Å². The monoisotopic (exact) mass is 483 g/mol. The molecule has 188 valence electrons. The van der Waals surface area contributed by atoms with Gasteiger partial charge in [0.15, 0.2) is 0 Å². The van der Waals surface area contributed by atoms with Crippen LogP contribution < -0.4 is 5.32 Å². The fourth-order valence-corrected chi connectivity index (χ4v) is 5.93. The van der Waals surface area contributed by atoms with Crippen LogP contribution in [0.1, 0.15) is 62.8 Å². The molecule has 1 N–H and O–H groups in total. The number of amides is 2. The van der Waals surface area contributed by atoms with Crippen LogP contribution >= 0.6 is 0 Å². The predicted molar refractivity (Wildman–Crippen MR) is 144 cm³/mol. The highest BCUT2D eigenvalue weighted by molar-refractivity contribution is 6.06. The molecule has 5 rings (SSSR count). The van der Waals surface area contributed by atoms with Crippen LogP contribution in [0.25, 0.3) is 0 Å². The van der Waals surface area contributed by atoms with Crippen LogP contribution in [-0.2, 0) is 34.3 Å². The summed E-state index contributed by atoms with van der Waals surface area (Å²) in [6.45, 7) is 9.63. The number of pyridine rings is 1. The lowest BCUT2D eigenvalue weighted by Gasteiger charge is -2.31. The van der Waals surface area contributed by atoms with Crippen molar-refractivity contribution in [1.29, 1.82) is 0 Å². The molecule has 2 atom stereocenters. The summed E-state index contributed by atoms with van der Waals surface area (Å²) in [6, 6.07) is 10.6. The highest BCUT2D eigenvalue weighted by Gasteiger charge is 2.51. The van der Waals surface area contributed by atoms with Crippen LogP contribution in [0.5, 0.6) is 0 Å². The number of allylic oxidation sites excluding steroid dienone is 2. The lowest BCUT2D eigenvalue weighted by atomic mass is 9.79. The summed E-state index contributed by atoms with van der Waals surface area (Å²) >= 11 is 0. The van der Waals surface area contributed by atoms with Crippen molar-refractivity contribution >= 4 is 17.6 Å². The van der Waals surface area contributed by atoms with Crippen molar-refractivity contribution in [2.24, 2.45) is 11.3 Å². The van der Waals surface area contributed by atoms with Crippen molar-refractivity contribution in [3.8, 4) is 0 Å². The molecule has 1 aliphatic heterocycles. The van der Waals surface area contributed by atoms with E-state index in [1.165, 1.54) is 22.3 Å². The number of rotatable bonds is 6. The molecular weight excluding hydrogens is 446 g/mol. The second-order valence-corrected chi connectivity index (χ2v) is 11.8. The van der Waals surface area contributed by atoms with Gasteiger partial charge < -0.3 is 10.2 Å². The fraction of sp³-hybridized carbons (Fsp3) is 0.452. The maximum absolute atomic E-state index is 13.2. The smallest absolute Gasteiger partial charge is 0.237 e. The number of fused-ring (bicyclic) bond motifs is 3. The Bertz CT molecular complexity index is 1250. The molecule has 0 saturated carbocycles. The van der Waals surface area contributed by atoms with Crippen LogP contribution in [0.4, 0.5) is 5.82 Å². The molecule has 2 aliphatic carbocycles. The lowest BCUT2D eigenvalue weighted by molar-refractivity contribution is -0.139. The zero-order chi connectivity index (χ0) is 25.5. The molecule has 1 aromatic heterocycles. The van der Waals surface area contributed by atoms with E-state index < -0.39 is 10.8 Å². The third-order valence-electron chi connectivity index (χ3n) is 7.78. The summed E-state index contributed by atoms with van der Waals surface area (Å²) in [4.78, 5) is 32.6. The van der Waals surface area contributed by atoms with Gasteiger partial charge in [0.2, 0.25) is 11.8 Å². The quantitative estimate of drug-likeness (QED) is 0.598. The van der Waals surface area contributed by atoms with E-state index in [0.717, 1.165) is 37.8 Å². The molecule has 5 heteroatoms. The first kappa shape index (κ1) is 24.5. The summed E-state index contributed by atoms with van der Waals surface area (Å²) in [5.74, 6) is 1.49. The fourth-order valence-electron chi connectivity index (χ4n) is 5.93. The molecule has 1 aromatic carbocycles. The largest absolute Gasteiger partial charge is 0.338 e. The summed E-state index contributed by atoms with van der Waals surface area (Å²) in [6.07, 6.45) is 12.7. The number of nitrogens with one attached hydrogen (secondary N) is 1. The zero-order valence-electron chi connectivity index (χ0n) is 21.9. The van der Waals surface area contributed by atoms with Crippen LogP contribution in [0.2, 0.25) is 0 Å². The molecule has 3 aliphatic rings. The van der Waals surface area contributed by atoms with Crippen LogP contribution in [-0.4, -0.2) is 34.8 Å². The summed E-state index contributed by atoms with van der Waals surface area (Å²) < 4.78 is 0. The molecule has 36 heavy (non-hydrogen) atoms. The molecule has 2 unspecified atom stereocenters. The number of aromatic nitrogens is 1. The highest BCUT2D eigenvalue weighted by Crippen LogP contribution is 2.46. The Morgan fingerprint density at radius 3 is 2.78 bits per heavy atom. The Morgan fingerprint density at radius 2 is 2.00 bits per heavy atom. The molecule has 2 amide bonds. The molecule has 2 heterocycles. The van der Waals surface area contributed by atoms with E-state index in [0.29, 0.717) is 24.7 Å². The van der Waals surface area contributed by atoms with E-state index in [1.807, 2.05) is 37.8 Å². The molecule has 5 nitrogen and oxygen atoms in total. The van der Waals surface area contributed by atoms with Crippen LogP contribution in [0.15, 0.2) is 60.3 Å². The molecule has 2 aromatic rings. The van der Waals surface area contributed by atoms with Crippen molar-refractivity contribution in [3.05, 3.63) is 82.6 Å². The van der Waals surface area contributed by atoms with Crippen LogP contribution in [0, 0.1) is 11.3 Å². The van der Waals surface area contributed by atoms with Gasteiger partial charge in [0, 0.05) is 30.3 Å². The van der Waals surface area contributed by atoms with Gasteiger partial charge in [-0.05, 0) is 66.4 Å². The first-order chi connectivity index (χ1) is 17.2. The Hall–Kier alpha value is -3.21. The van der Waals surface area contributed by atoms with E-state index in [1.54, 1.807) is 6.20 Å². The number of carbonyl (C=O) groups excluding carboxylic acids is 2. The summed E-state index contributed by atoms with van der Waals surface area (Å²) in [5.41, 5.74) is 5.10. The third-order valence-corrected chi connectivity index (χ3v) is 7.78. The first-order valence-electron chi connectivity index (χ1n) is 13.2. The lowest BCUT2D eigenvalue weighted by Crippen LogP contribution is -2.41. The first-order valence-corrected chi connectivity index (χ1v) is 13.2. The van der Waals surface area contributed by atoms with Crippen molar-refractivity contribution in [1.82, 2.24) is 9.88 Å². The Kier molecular flexibility index (Phi) is 6.36. The van der Waals surface area contributed by atoms with E-state index in [-0.39, 0.29) is 11.8 Å². The van der Waals surface area contributed by atoms with Crippen molar-refractivity contribution in [2.75, 3.05) is 18.4 Å². The molecular formula is C31H37N3O2. The number of carbonyl (C=O) groups is 2. The minimum Gasteiger partial charge on any atom is -0.338 e. The van der Waals surface area contributed by atoms with Gasteiger partial charge in [-0.25, -0.2) is 4.98 Å². The Labute approximate surface area is 214 Å². The standard InChI is InChI=1S/C31H37N3O2/c1-21-8-5-9-23(16-21)20-34(29(36)30(2,3)4)15-7-10-22-12-13-24-18-31(19-25(24)17-22)26-11-6-14-32-27(26)33-28(31)35/h5-6,9,11-14,16-17,21H,7-8,10,15,18-20H2,1-4H3,(H,32,33,35). The third kappa shape index (κ3) is 4.63.